The molecule has 0 aliphatic carbocycles. The molecule has 9 heteroatoms. The third-order valence-electron chi connectivity index (χ3n) is 5.48. The molecule has 3 aromatic rings. The number of hydrogen-bond donors (Lipinski definition) is 4. The van der Waals surface area contributed by atoms with Gasteiger partial charge in [0.2, 0.25) is 0 Å². The lowest BCUT2D eigenvalue weighted by molar-refractivity contribution is 0.0908. The fraction of sp³-hybridized carbons (Fsp3) is 0.364. The van der Waals surface area contributed by atoms with Gasteiger partial charge >= 0.3 is 6.09 Å². The molecular formula is C22H26N6O3. The summed E-state index contributed by atoms with van der Waals surface area (Å²) in [6.45, 7) is 4.88. The van der Waals surface area contributed by atoms with Crippen LogP contribution in [-0.4, -0.2) is 62.4 Å². The second kappa shape index (κ2) is 8.63. The maximum Gasteiger partial charge on any atom is 0.407 e. The minimum atomic E-state index is -0.916. The molecule has 0 radical (unpaired) electrons. The van der Waals surface area contributed by atoms with E-state index in [9.17, 15) is 9.59 Å². The number of hydrogen-bond acceptors (Lipinski definition) is 5. The molecule has 2 aromatic heterocycles. The summed E-state index contributed by atoms with van der Waals surface area (Å²) in [5, 5.41) is 23.3. The number of anilines is 1. The summed E-state index contributed by atoms with van der Waals surface area (Å²) in [7, 11) is 0. The molecular weight excluding hydrogens is 396 g/mol. The van der Waals surface area contributed by atoms with Gasteiger partial charge in [0.25, 0.3) is 5.91 Å². The van der Waals surface area contributed by atoms with Crippen LogP contribution in [-0.2, 0) is 0 Å². The Morgan fingerprint density at radius 3 is 2.61 bits per heavy atom. The SMILES string of the molecule is CC(C)Nc1c(C(=O)NC2CCN(C(=O)O)CC2)cnc2ccc(-c3cn[nH]c3)cc12. The number of likely N-dealkylation sites (tertiary alicyclic amines) is 1. The van der Waals surface area contributed by atoms with E-state index in [2.05, 4.69) is 25.8 Å². The Hall–Kier alpha value is -3.62. The highest BCUT2D eigenvalue weighted by molar-refractivity contribution is 6.08. The number of rotatable bonds is 5. The van der Waals surface area contributed by atoms with Crippen LogP contribution in [0.5, 0.6) is 0 Å². The van der Waals surface area contributed by atoms with E-state index in [0.29, 0.717) is 31.5 Å². The summed E-state index contributed by atoms with van der Waals surface area (Å²) in [6, 6.07) is 5.98. The smallest absolute Gasteiger partial charge is 0.407 e. The van der Waals surface area contributed by atoms with Gasteiger partial charge in [-0.1, -0.05) is 6.07 Å². The first-order valence-electron chi connectivity index (χ1n) is 10.4. The van der Waals surface area contributed by atoms with Crippen LogP contribution in [0.25, 0.3) is 22.0 Å². The molecule has 4 N–H and O–H groups in total. The molecule has 0 bridgehead atoms. The number of aromatic nitrogens is 3. The van der Waals surface area contributed by atoms with E-state index in [1.165, 1.54) is 4.90 Å². The average Bonchev–Trinajstić information content (AvgIpc) is 3.28. The van der Waals surface area contributed by atoms with Gasteiger partial charge in [-0.15, -0.1) is 0 Å². The van der Waals surface area contributed by atoms with Gasteiger partial charge in [0.05, 0.1) is 23.0 Å². The van der Waals surface area contributed by atoms with E-state index in [1.54, 1.807) is 12.4 Å². The number of amides is 2. The monoisotopic (exact) mass is 422 g/mol. The van der Waals surface area contributed by atoms with E-state index >= 15 is 0 Å². The van der Waals surface area contributed by atoms with Crippen LogP contribution in [0.1, 0.15) is 37.0 Å². The molecule has 3 heterocycles. The standard InChI is InChI=1S/C22H26N6O3/c1-13(2)26-20-17-9-14(15-10-24-25-11-15)3-4-19(17)23-12-18(20)21(29)27-16-5-7-28(8-6-16)22(30)31/h3-4,9-13,16H,5-8H2,1-2H3,(H,23,26)(H,24,25)(H,27,29)(H,30,31). The highest BCUT2D eigenvalue weighted by Crippen LogP contribution is 2.31. The molecule has 1 aliphatic heterocycles. The number of carboxylic acid groups (broad SMARTS) is 1. The summed E-state index contributed by atoms with van der Waals surface area (Å²) < 4.78 is 0. The zero-order chi connectivity index (χ0) is 22.0. The quantitative estimate of drug-likeness (QED) is 0.500. The van der Waals surface area contributed by atoms with Crippen molar-refractivity contribution in [2.75, 3.05) is 18.4 Å². The second-order valence-corrected chi connectivity index (χ2v) is 8.08. The van der Waals surface area contributed by atoms with Crippen molar-refractivity contribution >= 4 is 28.6 Å². The summed E-state index contributed by atoms with van der Waals surface area (Å²) in [4.78, 5) is 30.1. The molecule has 1 aromatic carbocycles. The Kier molecular flexibility index (Phi) is 5.75. The predicted molar refractivity (Wildman–Crippen MR) is 118 cm³/mol. The fourth-order valence-electron chi connectivity index (χ4n) is 3.88. The Balaban J connectivity index is 1.64. The van der Waals surface area contributed by atoms with Crippen LogP contribution in [0, 0.1) is 0 Å². The third-order valence-corrected chi connectivity index (χ3v) is 5.48. The lowest BCUT2D eigenvalue weighted by Crippen LogP contribution is -2.46. The van der Waals surface area contributed by atoms with Gasteiger partial charge in [-0.2, -0.15) is 5.10 Å². The van der Waals surface area contributed by atoms with Gasteiger partial charge in [0.1, 0.15) is 0 Å². The molecule has 1 saturated heterocycles. The Morgan fingerprint density at radius 2 is 1.97 bits per heavy atom. The predicted octanol–water partition coefficient (Wildman–Crippen LogP) is 3.32. The Labute approximate surface area is 179 Å². The van der Waals surface area contributed by atoms with E-state index in [4.69, 9.17) is 5.11 Å². The van der Waals surface area contributed by atoms with Crippen LogP contribution in [0.4, 0.5) is 10.5 Å². The molecule has 0 spiro atoms. The highest BCUT2D eigenvalue weighted by Gasteiger charge is 2.25. The normalized spacial score (nSPS) is 14.7. The van der Waals surface area contributed by atoms with E-state index in [0.717, 1.165) is 27.7 Å². The van der Waals surface area contributed by atoms with Crippen molar-refractivity contribution in [3.63, 3.8) is 0 Å². The maximum absolute atomic E-state index is 13.2. The molecule has 2 amide bonds. The number of pyridine rings is 1. The fourth-order valence-corrected chi connectivity index (χ4v) is 3.88. The number of H-pyrrole nitrogens is 1. The van der Waals surface area contributed by atoms with Crippen molar-refractivity contribution in [3.8, 4) is 11.1 Å². The number of carbonyl (C=O) groups excluding carboxylic acids is 1. The number of nitrogens with zero attached hydrogens (tertiary/aromatic N) is 3. The van der Waals surface area contributed by atoms with Crippen molar-refractivity contribution in [2.24, 2.45) is 0 Å². The molecule has 0 unspecified atom stereocenters. The molecule has 31 heavy (non-hydrogen) atoms. The molecule has 4 rings (SSSR count). The minimum Gasteiger partial charge on any atom is -0.465 e. The van der Waals surface area contributed by atoms with Crippen LogP contribution in [0.3, 0.4) is 0 Å². The molecule has 0 atom stereocenters. The van der Waals surface area contributed by atoms with Crippen molar-refractivity contribution in [1.29, 1.82) is 0 Å². The average molecular weight is 422 g/mol. The third kappa shape index (κ3) is 4.45. The van der Waals surface area contributed by atoms with Gasteiger partial charge in [-0.3, -0.25) is 14.9 Å². The minimum absolute atomic E-state index is 0.0667. The van der Waals surface area contributed by atoms with Crippen molar-refractivity contribution in [3.05, 3.63) is 42.4 Å². The van der Waals surface area contributed by atoms with E-state index < -0.39 is 6.09 Å². The van der Waals surface area contributed by atoms with Crippen LogP contribution in [0.2, 0.25) is 0 Å². The first-order valence-corrected chi connectivity index (χ1v) is 10.4. The molecule has 1 aliphatic rings. The van der Waals surface area contributed by atoms with Gasteiger partial charge in [-0.25, -0.2) is 4.79 Å². The number of piperidine rings is 1. The number of fused-ring (bicyclic) bond motifs is 1. The summed E-state index contributed by atoms with van der Waals surface area (Å²) in [6.07, 6.45) is 5.45. The lowest BCUT2D eigenvalue weighted by Gasteiger charge is -2.30. The van der Waals surface area contributed by atoms with E-state index in [-0.39, 0.29) is 18.0 Å². The first-order chi connectivity index (χ1) is 14.9. The Morgan fingerprint density at radius 1 is 1.19 bits per heavy atom. The van der Waals surface area contributed by atoms with Crippen LogP contribution in [0.15, 0.2) is 36.8 Å². The van der Waals surface area contributed by atoms with Crippen molar-refractivity contribution in [2.45, 2.75) is 38.8 Å². The lowest BCUT2D eigenvalue weighted by atomic mass is 10.0. The first kappa shape index (κ1) is 20.6. The summed E-state index contributed by atoms with van der Waals surface area (Å²) >= 11 is 0. The van der Waals surface area contributed by atoms with Gasteiger partial charge in [-0.05, 0) is 44.4 Å². The van der Waals surface area contributed by atoms with Crippen LogP contribution >= 0.6 is 0 Å². The van der Waals surface area contributed by atoms with Gasteiger partial charge < -0.3 is 20.6 Å². The maximum atomic E-state index is 13.2. The zero-order valence-electron chi connectivity index (χ0n) is 17.6. The van der Waals surface area contributed by atoms with Crippen molar-refractivity contribution < 1.29 is 14.7 Å². The molecule has 1 fully saturated rings. The number of nitrogens with one attached hydrogen (secondary N) is 3. The Bertz CT molecular complexity index is 1090. The summed E-state index contributed by atoms with van der Waals surface area (Å²) in [5.74, 6) is -0.208. The summed E-state index contributed by atoms with van der Waals surface area (Å²) in [5.41, 5.74) is 3.95. The van der Waals surface area contributed by atoms with Gasteiger partial charge in [0, 0.05) is 48.5 Å². The largest absolute Gasteiger partial charge is 0.465 e. The van der Waals surface area contributed by atoms with E-state index in [1.807, 2.05) is 38.2 Å². The topological polar surface area (TPSA) is 123 Å². The number of carbonyl (C=O) groups is 2. The number of aromatic amines is 1. The van der Waals surface area contributed by atoms with Gasteiger partial charge in [0.15, 0.2) is 0 Å². The molecule has 9 nitrogen and oxygen atoms in total. The number of benzene rings is 1. The molecule has 0 saturated carbocycles. The highest BCUT2D eigenvalue weighted by atomic mass is 16.4. The van der Waals surface area contributed by atoms with Crippen molar-refractivity contribution in [1.82, 2.24) is 25.4 Å². The zero-order valence-corrected chi connectivity index (χ0v) is 17.6. The van der Waals surface area contributed by atoms with Crippen LogP contribution < -0.4 is 10.6 Å². The molecule has 162 valence electrons. The second-order valence-electron chi connectivity index (χ2n) is 8.08.